The highest BCUT2D eigenvalue weighted by atomic mass is 32.1. The van der Waals surface area contributed by atoms with E-state index in [2.05, 4.69) is 10.6 Å². The average Bonchev–Trinajstić information content (AvgIpc) is 3.05. The van der Waals surface area contributed by atoms with Gasteiger partial charge in [0.15, 0.2) is 0 Å². The third kappa shape index (κ3) is 4.82. The molecule has 3 N–H and O–H groups in total. The van der Waals surface area contributed by atoms with E-state index in [9.17, 15) is 14.7 Å². The maximum Gasteiger partial charge on any atom is 0.261 e. The van der Waals surface area contributed by atoms with Crippen LogP contribution in [0.3, 0.4) is 0 Å². The van der Waals surface area contributed by atoms with Crippen LogP contribution in [0.5, 0.6) is 0 Å². The summed E-state index contributed by atoms with van der Waals surface area (Å²) >= 11 is 1.38. The van der Waals surface area contributed by atoms with Crippen molar-refractivity contribution in [2.75, 3.05) is 13.1 Å². The van der Waals surface area contributed by atoms with E-state index in [1.54, 1.807) is 6.07 Å². The molecule has 1 aliphatic carbocycles. The molecule has 1 aromatic heterocycles. The molecule has 0 bridgehead atoms. The molecule has 21 heavy (non-hydrogen) atoms. The summed E-state index contributed by atoms with van der Waals surface area (Å²) in [5.41, 5.74) is 0. The van der Waals surface area contributed by atoms with Crippen LogP contribution < -0.4 is 10.6 Å². The van der Waals surface area contributed by atoms with Gasteiger partial charge in [0.05, 0.1) is 4.88 Å². The number of aliphatic hydroxyl groups excluding tert-OH is 1. The fraction of sp³-hybridized carbons (Fsp3) is 0.600. The van der Waals surface area contributed by atoms with Crippen LogP contribution in [0.25, 0.3) is 0 Å². The molecule has 2 rings (SSSR count). The van der Waals surface area contributed by atoms with Crippen molar-refractivity contribution in [2.45, 2.75) is 38.2 Å². The van der Waals surface area contributed by atoms with Gasteiger partial charge in [-0.1, -0.05) is 25.3 Å². The molecule has 0 aromatic carbocycles. The summed E-state index contributed by atoms with van der Waals surface area (Å²) < 4.78 is 0. The van der Waals surface area contributed by atoms with Crippen LogP contribution in [0.1, 0.15) is 41.8 Å². The van der Waals surface area contributed by atoms with Crippen LogP contribution in [0, 0.1) is 5.92 Å². The summed E-state index contributed by atoms with van der Waals surface area (Å²) in [7, 11) is 0. The lowest BCUT2D eigenvalue weighted by Gasteiger charge is -2.25. The molecule has 1 aromatic rings. The highest BCUT2D eigenvalue weighted by Crippen LogP contribution is 2.26. The Morgan fingerprint density at radius 2 is 1.95 bits per heavy atom. The summed E-state index contributed by atoms with van der Waals surface area (Å²) in [5.74, 6) is -0.376. The molecule has 2 amide bonds. The van der Waals surface area contributed by atoms with Crippen LogP contribution in [0.15, 0.2) is 17.5 Å². The predicted molar refractivity (Wildman–Crippen MR) is 82.2 cm³/mol. The third-order valence-electron chi connectivity index (χ3n) is 3.82. The fourth-order valence-corrected chi connectivity index (χ4v) is 3.27. The van der Waals surface area contributed by atoms with Crippen molar-refractivity contribution in [2.24, 2.45) is 5.92 Å². The van der Waals surface area contributed by atoms with E-state index in [0.717, 1.165) is 25.7 Å². The number of carbonyl (C=O) groups excluding carboxylic acids is 2. The average molecular weight is 310 g/mol. The summed E-state index contributed by atoms with van der Waals surface area (Å²) in [4.78, 5) is 24.2. The minimum Gasteiger partial charge on any atom is -0.383 e. The largest absolute Gasteiger partial charge is 0.383 e. The summed E-state index contributed by atoms with van der Waals surface area (Å²) in [6.07, 6.45) is 4.29. The lowest BCUT2D eigenvalue weighted by Crippen LogP contribution is -2.43. The van der Waals surface area contributed by atoms with E-state index in [1.165, 1.54) is 17.8 Å². The van der Waals surface area contributed by atoms with Crippen LogP contribution in [0.4, 0.5) is 0 Å². The van der Waals surface area contributed by atoms with E-state index < -0.39 is 6.10 Å². The van der Waals surface area contributed by atoms with Crippen molar-refractivity contribution < 1.29 is 14.7 Å². The molecule has 0 spiro atoms. The number of hydrogen-bond donors (Lipinski definition) is 3. The lowest BCUT2D eigenvalue weighted by molar-refractivity contribution is -0.132. The van der Waals surface area contributed by atoms with Crippen LogP contribution in [-0.4, -0.2) is 36.1 Å². The number of amides is 2. The second kappa shape index (κ2) is 8.14. The van der Waals surface area contributed by atoms with Gasteiger partial charge in [-0.15, -0.1) is 11.3 Å². The SMILES string of the molecule is O=C(NCCNC(=O)[C@@H](O)C1CCCCC1)c1cccs1. The standard InChI is InChI=1S/C15H22N2O3S/c18-13(11-5-2-1-3-6-11)15(20)17-9-8-16-14(19)12-7-4-10-21-12/h4,7,10-11,13,18H,1-3,5-6,8-9H2,(H,16,19)(H,17,20)/t13-/m0/s1. The Morgan fingerprint density at radius 3 is 2.62 bits per heavy atom. The monoisotopic (exact) mass is 310 g/mol. The van der Waals surface area contributed by atoms with Crippen molar-refractivity contribution in [1.29, 1.82) is 0 Å². The second-order valence-electron chi connectivity index (χ2n) is 5.37. The van der Waals surface area contributed by atoms with E-state index >= 15 is 0 Å². The molecule has 5 nitrogen and oxygen atoms in total. The molecule has 0 unspecified atom stereocenters. The normalized spacial score (nSPS) is 17.2. The van der Waals surface area contributed by atoms with Gasteiger partial charge in [0, 0.05) is 13.1 Å². The summed E-state index contributed by atoms with van der Waals surface area (Å²) in [6.45, 7) is 0.694. The number of hydrogen-bond acceptors (Lipinski definition) is 4. The molecule has 1 aliphatic rings. The zero-order chi connectivity index (χ0) is 15.1. The van der Waals surface area contributed by atoms with Gasteiger partial charge in [0.2, 0.25) is 5.91 Å². The van der Waals surface area contributed by atoms with Crippen molar-refractivity contribution in [3.63, 3.8) is 0 Å². The molecular formula is C15H22N2O3S. The molecule has 0 aliphatic heterocycles. The van der Waals surface area contributed by atoms with Gasteiger partial charge in [0.1, 0.15) is 6.10 Å². The Bertz CT molecular complexity index is 455. The van der Waals surface area contributed by atoms with Crippen molar-refractivity contribution in [3.8, 4) is 0 Å². The van der Waals surface area contributed by atoms with E-state index in [-0.39, 0.29) is 17.7 Å². The fourth-order valence-electron chi connectivity index (χ4n) is 2.63. The number of nitrogens with one attached hydrogen (secondary N) is 2. The van der Waals surface area contributed by atoms with Crippen LogP contribution in [0.2, 0.25) is 0 Å². The van der Waals surface area contributed by atoms with Gasteiger partial charge in [-0.2, -0.15) is 0 Å². The molecule has 1 fully saturated rings. The van der Waals surface area contributed by atoms with Gasteiger partial charge < -0.3 is 15.7 Å². The maximum absolute atomic E-state index is 11.8. The molecule has 0 saturated heterocycles. The number of rotatable bonds is 6. The molecule has 6 heteroatoms. The van der Waals surface area contributed by atoms with Crippen molar-refractivity contribution in [1.82, 2.24) is 10.6 Å². The van der Waals surface area contributed by atoms with Crippen molar-refractivity contribution in [3.05, 3.63) is 22.4 Å². The van der Waals surface area contributed by atoms with Gasteiger partial charge in [-0.05, 0) is 30.2 Å². The zero-order valence-corrected chi connectivity index (χ0v) is 12.8. The number of carbonyl (C=O) groups is 2. The van der Waals surface area contributed by atoms with Crippen LogP contribution >= 0.6 is 11.3 Å². The molecule has 0 radical (unpaired) electrons. The third-order valence-corrected chi connectivity index (χ3v) is 4.69. The minimum atomic E-state index is -0.918. The van der Waals surface area contributed by atoms with Gasteiger partial charge >= 0.3 is 0 Å². The first kappa shape index (κ1) is 16.0. The topological polar surface area (TPSA) is 78.4 Å². The molecule has 116 valence electrons. The Labute approximate surface area is 128 Å². The molecule has 1 saturated carbocycles. The quantitative estimate of drug-likeness (QED) is 0.697. The van der Waals surface area contributed by atoms with Crippen molar-refractivity contribution >= 4 is 23.2 Å². The van der Waals surface area contributed by atoms with Gasteiger partial charge in [-0.3, -0.25) is 9.59 Å². The molecule has 1 atom stereocenters. The lowest BCUT2D eigenvalue weighted by atomic mass is 9.85. The first-order chi connectivity index (χ1) is 10.2. The van der Waals surface area contributed by atoms with Crippen LogP contribution in [-0.2, 0) is 4.79 Å². The first-order valence-electron chi connectivity index (χ1n) is 7.46. The predicted octanol–water partition coefficient (Wildman–Crippen LogP) is 1.54. The number of thiophene rings is 1. The number of aliphatic hydroxyl groups is 1. The highest BCUT2D eigenvalue weighted by molar-refractivity contribution is 7.12. The zero-order valence-electron chi connectivity index (χ0n) is 12.0. The Hall–Kier alpha value is -1.40. The smallest absolute Gasteiger partial charge is 0.261 e. The summed E-state index contributed by atoms with van der Waals surface area (Å²) in [6, 6.07) is 3.58. The Morgan fingerprint density at radius 1 is 1.24 bits per heavy atom. The Kier molecular flexibility index (Phi) is 6.20. The van der Waals surface area contributed by atoms with Gasteiger partial charge in [0.25, 0.3) is 5.91 Å². The Balaban J connectivity index is 1.63. The van der Waals surface area contributed by atoms with E-state index in [0.29, 0.717) is 18.0 Å². The molecule has 1 heterocycles. The highest BCUT2D eigenvalue weighted by Gasteiger charge is 2.27. The van der Waals surface area contributed by atoms with E-state index in [1.807, 2.05) is 11.4 Å². The van der Waals surface area contributed by atoms with Gasteiger partial charge in [-0.25, -0.2) is 0 Å². The summed E-state index contributed by atoms with van der Waals surface area (Å²) in [5, 5.41) is 17.3. The second-order valence-corrected chi connectivity index (χ2v) is 6.31. The minimum absolute atomic E-state index is 0.0828. The maximum atomic E-state index is 11.8. The first-order valence-corrected chi connectivity index (χ1v) is 8.34. The van der Waals surface area contributed by atoms with E-state index in [4.69, 9.17) is 0 Å². The molecular weight excluding hydrogens is 288 g/mol.